The summed E-state index contributed by atoms with van der Waals surface area (Å²) in [5.41, 5.74) is 0.623. The van der Waals surface area contributed by atoms with Crippen LogP contribution in [0.25, 0.3) is 0 Å². The summed E-state index contributed by atoms with van der Waals surface area (Å²) in [6.07, 6.45) is 11.1. The lowest BCUT2D eigenvalue weighted by atomic mass is 9.96. The summed E-state index contributed by atoms with van der Waals surface area (Å²) in [7, 11) is 1.33. The summed E-state index contributed by atoms with van der Waals surface area (Å²) >= 11 is 0. The third-order valence-corrected chi connectivity index (χ3v) is 3.88. The van der Waals surface area contributed by atoms with Gasteiger partial charge in [-0.25, -0.2) is 0 Å². The monoisotopic (exact) mass is 293 g/mol. The average molecular weight is 293 g/mol. The third kappa shape index (κ3) is 5.21. The first-order valence-corrected chi connectivity index (χ1v) is 7.56. The van der Waals surface area contributed by atoms with Gasteiger partial charge in [0.2, 0.25) is 5.91 Å². The van der Waals surface area contributed by atoms with E-state index in [9.17, 15) is 9.59 Å². The number of hydrogen-bond donors (Lipinski definition) is 1. The number of carbonyl (C=O) groups excluding carboxylic acids is 2. The maximum Gasteiger partial charge on any atom is 0.327 e. The molecule has 1 aliphatic rings. The van der Waals surface area contributed by atoms with Crippen LogP contribution in [-0.2, 0) is 20.9 Å². The van der Waals surface area contributed by atoms with E-state index in [2.05, 4.69) is 15.2 Å². The van der Waals surface area contributed by atoms with Crippen molar-refractivity contribution < 1.29 is 14.3 Å². The lowest BCUT2D eigenvalue weighted by Gasteiger charge is -2.12. The molecule has 0 atom stereocenters. The Morgan fingerprint density at radius 1 is 1.33 bits per heavy atom. The smallest absolute Gasteiger partial charge is 0.327 e. The molecule has 1 N–H and O–H groups in total. The molecule has 21 heavy (non-hydrogen) atoms. The highest BCUT2D eigenvalue weighted by atomic mass is 16.5. The molecule has 0 bridgehead atoms. The number of esters is 1. The van der Waals surface area contributed by atoms with Gasteiger partial charge in [0.05, 0.1) is 19.0 Å². The summed E-state index contributed by atoms with van der Waals surface area (Å²) in [6.45, 7) is 0.0506. The van der Waals surface area contributed by atoms with E-state index in [1.54, 1.807) is 12.4 Å². The van der Waals surface area contributed by atoms with Crippen LogP contribution in [0.2, 0.25) is 0 Å². The van der Waals surface area contributed by atoms with Crippen molar-refractivity contribution in [2.75, 3.05) is 12.4 Å². The highest BCUT2D eigenvalue weighted by Crippen LogP contribution is 2.25. The first-order chi connectivity index (χ1) is 10.2. The number of nitrogens with zero attached hydrogens (tertiary/aromatic N) is 2. The van der Waals surface area contributed by atoms with E-state index in [4.69, 9.17) is 0 Å². The summed E-state index contributed by atoms with van der Waals surface area (Å²) in [6, 6.07) is 0. The molecule has 2 rings (SSSR count). The van der Waals surface area contributed by atoms with E-state index in [0.29, 0.717) is 18.0 Å². The van der Waals surface area contributed by atoms with Gasteiger partial charge in [0.25, 0.3) is 0 Å². The van der Waals surface area contributed by atoms with Gasteiger partial charge < -0.3 is 10.1 Å². The fourth-order valence-electron chi connectivity index (χ4n) is 2.75. The fourth-order valence-corrected chi connectivity index (χ4v) is 2.75. The molecule has 6 nitrogen and oxygen atoms in total. The van der Waals surface area contributed by atoms with Gasteiger partial charge in [-0.2, -0.15) is 5.10 Å². The topological polar surface area (TPSA) is 73.2 Å². The van der Waals surface area contributed by atoms with Crippen molar-refractivity contribution >= 4 is 17.6 Å². The summed E-state index contributed by atoms with van der Waals surface area (Å²) in [4.78, 5) is 23.2. The second-order valence-electron chi connectivity index (χ2n) is 5.61. The van der Waals surface area contributed by atoms with E-state index in [1.165, 1.54) is 37.5 Å². The van der Waals surface area contributed by atoms with Crippen LogP contribution < -0.4 is 5.32 Å². The number of nitrogens with one attached hydrogen (secondary N) is 1. The molecule has 0 aromatic carbocycles. The van der Waals surface area contributed by atoms with Crippen LogP contribution in [0.5, 0.6) is 0 Å². The number of aromatic nitrogens is 2. The Hall–Kier alpha value is -1.85. The molecular formula is C15H23N3O3. The van der Waals surface area contributed by atoms with E-state index in [0.717, 1.165) is 12.8 Å². The number of hydrogen-bond acceptors (Lipinski definition) is 4. The maximum atomic E-state index is 12.0. The molecule has 0 unspecified atom stereocenters. The molecule has 1 amide bonds. The van der Waals surface area contributed by atoms with E-state index in [-0.39, 0.29) is 18.4 Å². The lowest BCUT2D eigenvalue weighted by Crippen LogP contribution is -2.16. The largest absolute Gasteiger partial charge is 0.468 e. The van der Waals surface area contributed by atoms with Crippen molar-refractivity contribution in [2.45, 2.75) is 51.5 Å². The minimum Gasteiger partial charge on any atom is -0.468 e. The van der Waals surface area contributed by atoms with Gasteiger partial charge in [-0.1, -0.05) is 25.7 Å². The molecule has 0 spiro atoms. The molecule has 1 aromatic heterocycles. The number of rotatable bonds is 5. The van der Waals surface area contributed by atoms with Gasteiger partial charge in [0.1, 0.15) is 6.54 Å². The number of ether oxygens (including phenoxy) is 1. The lowest BCUT2D eigenvalue weighted by molar-refractivity contribution is -0.141. The van der Waals surface area contributed by atoms with Gasteiger partial charge in [-0.3, -0.25) is 14.3 Å². The van der Waals surface area contributed by atoms with Crippen molar-refractivity contribution in [3.05, 3.63) is 12.4 Å². The molecular weight excluding hydrogens is 270 g/mol. The van der Waals surface area contributed by atoms with Crippen LogP contribution in [0.4, 0.5) is 5.69 Å². The van der Waals surface area contributed by atoms with Gasteiger partial charge in [0.15, 0.2) is 0 Å². The average Bonchev–Trinajstić information content (AvgIpc) is 2.72. The molecule has 1 heterocycles. The Kier molecular flexibility index (Phi) is 5.78. The van der Waals surface area contributed by atoms with Crippen LogP contribution >= 0.6 is 0 Å². The van der Waals surface area contributed by atoms with Gasteiger partial charge in [-0.15, -0.1) is 0 Å². The first kappa shape index (κ1) is 15.5. The second-order valence-corrected chi connectivity index (χ2v) is 5.61. The van der Waals surface area contributed by atoms with Crippen LogP contribution in [0.3, 0.4) is 0 Å². The standard InChI is InChI=1S/C15H23N3O3/c1-21-15(20)11-18-10-13(9-16-18)17-14(19)8-12-6-4-2-3-5-7-12/h9-10,12H,2-8,11H2,1H3,(H,17,19). The minimum atomic E-state index is -0.366. The Morgan fingerprint density at radius 2 is 2.05 bits per heavy atom. The molecule has 0 aliphatic heterocycles. The summed E-state index contributed by atoms with van der Waals surface area (Å²) in [5.74, 6) is 0.159. The van der Waals surface area contributed by atoms with Crippen molar-refractivity contribution in [3.8, 4) is 0 Å². The van der Waals surface area contributed by atoms with Crippen molar-refractivity contribution in [2.24, 2.45) is 5.92 Å². The van der Waals surface area contributed by atoms with E-state index in [1.807, 2.05) is 0 Å². The van der Waals surface area contributed by atoms with Gasteiger partial charge in [-0.05, 0) is 18.8 Å². The second kappa shape index (κ2) is 7.81. The zero-order valence-corrected chi connectivity index (χ0v) is 12.5. The number of carbonyl (C=O) groups is 2. The minimum absolute atomic E-state index is 0.0273. The predicted octanol–water partition coefficient (Wildman–Crippen LogP) is 2.36. The number of anilines is 1. The molecule has 0 radical (unpaired) electrons. The normalized spacial score (nSPS) is 16.2. The molecule has 1 fully saturated rings. The summed E-state index contributed by atoms with van der Waals surface area (Å²) < 4.78 is 6.02. The highest BCUT2D eigenvalue weighted by Gasteiger charge is 2.16. The number of amides is 1. The molecule has 1 aromatic rings. The maximum absolute atomic E-state index is 12.0. The zero-order valence-electron chi connectivity index (χ0n) is 12.5. The van der Waals surface area contributed by atoms with Crippen LogP contribution in [-0.4, -0.2) is 28.8 Å². The van der Waals surface area contributed by atoms with Crippen LogP contribution in [0, 0.1) is 5.92 Å². The SMILES string of the molecule is COC(=O)Cn1cc(NC(=O)CC2CCCCCC2)cn1. The Balaban J connectivity index is 1.80. The van der Waals surface area contributed by atoms with Gasteiger partial charge in [0, 0.05) is 12.6 Å². The Morgan fingerprint density at radius 3 is 2.71 bits per heavy atom. The van der Waals surface area contributed by atoms with E-state index < -0.39 is 0 Å². The Labute approximate surface area is 124 Å². The molecule has 6 heteroatoms. The molecule has 0 saturated heterocycles. The van der Waals surface area contributed by atoms with Crippen LogP contribution in [0.1, 0.15) is 44.9 Å². The fraction of sp³-hybridized carbons (Fsp3) is 0.667. The predicted molar refractivity (Wildman–Crippen MR) is 78.7 cm³/mol. The molecule has 1 saturated carbocycles. The van der Waals surface area contributed by atoms with Crippen molar-refractivity contribution in [1.29, 1.82) is 0 Å². The van der Waals surface area contributed by atoms with E-state index >= 15 is 0 Å². The highest BCUT2D eigenvalue weighted by molar-refractivity contribution is 5.90. The summed E-state index contributed by atoms with van der Waals surface area (Å²) in [5, 5.41) is 6.87. The first-order valence-electron chi connectivity index (χ1n) is 7.56. The Bertz CT molecular complexity index is 476. The van der Waals surface area contributed by atoms with Crippen molar-refractivity contribution in [3.63, 3.8) is 0 Å². The molecule has 1 aliphatic carbocycles. The third-order valence-electron chi connectivity index (χ3n) is 3.88. The van der Waals surface area contributed by atoms with Crippen LogP contribution in [0.15, 0.2) is 12.4 Å². The quantitative estimate of drug-likeness (QED) is 0.668. The van der Waals surface area contributed by atoms with Crippen molar-refractivity contribution in [1.82, 2.24) is 9.78 Å². The molecule has 116 valence electrons. The number of methoxy groups -OCH3 is 1. The van der Waals surface area contributed by atoms with Gasteiger partial charge >= 0.3 is 5.97 Å². The zero-order chi connectivity index (χ0) is 15.1.